The smallest absolute Gasteiger partial charge is 0.344 e. The Morgan fingerprint density at radius 3 is 2.94 bits per heavy atom. The summed E-state index contributed by atoms with van der Waals surface area (Å²) < 4.78 is 7.14. The highest BCUT2D eigenvalue weighted by Gasteiger charge is 2.30. The molecule has 0 amide bonds. The van der Waals surface area contributed by atoms with Gasteiger partial charge in [-0.25, -0.2) is 4.79 Å². The molecule has 1 aliphatic heterocycles. The second-order valence-electron chi connectivity index (χ2n) is 4.22. The van der Waals surface area contributed by atoms with Gasteiger partial charge in [0, 0.05) is 20.1 Å². The summed E-state index contributed by atoms with van der Waals surface area (Å²) in [4.78, 5) is 13.9. The summed E-state index contributed by atoms with van der Waals surface area (Å²) in [6.07, 6.45) is 0.346. The highest BCUT2D eigenvalue weighted by molar-refractivity contribution is 9.10. The highest BCUT2D eigenvalue weighted by atomic mass is 79.9. The number of aromatic nitrogens is 2. The fraction of sp³-hybridized carbons (Fsp3) is 0.636. The van der Waals surface area contributed by atoms with E-state index in [1.165, 1.54) is 0 Å². The molecule has 1 aliphatic rings. The summed E-state index contributed by atoms with van der Waals surface area (Å²) >= 11 is 3.28. The molecule has 0 aromatic carbocycles. The van der Waals surface area contributed by atoms with Gasteiger partial charge in [0.05, 0.1) is 12.7 Å². The van der Waals surface area contributed by atoms with Gasteiger partial charge in [-0.1, -0.05) is 0 Å². The maximum absolute atomic E-state index is 11.9. The Morgan fingerprint density at radius 1 is 1.67 bits per heavy atom. The number of aryl methyl sites for hydroxylation is 1. The Morgan fingerprint density at radius 2 is 2.39 bits per heavy atom. The minimum Gasteiger partial charge on any atom is -0.462 e. The van der Waals surface area contributed by atoms with Gasteiger partial charge in [0.25, 0.3) is 0 Å². The molecule has 0 saturated carbocycles. The second-order valence-corrected chi connectivity index (χ2v) is 4.97. The number of nitrogens with zero attached hydrogens (tertiary/aromatic N) is 3. The van der Waals surface area contributed by atoms with Crippen molar-refractivity contribution in [3.05, 3.63) is 10.2 Å². The standard InChI is InChI=1S/C11H16BrN3O3/c1-3-18-11(17)8-9(12)13-14(2)10(8)15-5-4-7(16)6-15/h7,16H,3-6H2,1-2H3/t7-/m0/s1. The summed E-state index contributed by atoms with van der Waals surface area (Å²) in [5, 5.41) is 13.8. The van der Waals surface area contributed by atoms with Crippen molar-refractivity contribution >= 4 is 27.7 Å². The maximum Gasteiger partial charge on any atom is 0.344 e. The monoisotopic (exact) mass is 317 g/mol. The number of carbonyl (C=O) groups excluding carboxylic acids is 1. The van der Waals surface area contributed by atoms with E-state index in [0.717, 1.165) is 0 Å². The molecular weight excluding hydrogens is 302 g/mol. The normalized spacial score (nSPS) is 19.3. The van der Waals surface area contributed by atoms with E-state index < -0.39 is 5.97 Å². The summed E-state index contributed by atoms with van der Waals surface area (Å²) in [6, 6.07) is 0. The predicted octanol–water partition coefficient (Wildman–Crippen LogP) is 0.930. The van der Waals surface area contributed by atoms with Gasteiger partial charge in [0.2, 0.25) is 0 Å². The molecule has 7 heteroatoms. The zero-order valence-corrected chi connectivity index (χ0v) is 12.0. The summed E-state index contributed by atoms with van der Waals surface area (Å²) in [5.74, 6) is 0.297. The Kier molecular flexibility index (Phi) is 3.91. The van der Waals surface area contributed by atoms with E-state index >= 15 is 0 Å². The zero-order valence-electron chi connectivity index (χ0n) is 10.4. The lowest BCUT2D eigenvalue weighted by molar-refractivity contribution is 0.0526. The van der Waals surface area contributed by atoms with Crippen molar-refractivity contribution in [3.8, 4) is 0 Å². The zero-order chi connectivity index (χ0) is 13.3. The average Bonchev–Trinajstić information content (AvgIpc) is 2.82. The van der Waals surface area contributed by atoms with E-state index in [1.807, 2.05) is 4.90 Å². The lowest BCUT2D eigenvalue weighted by atomic mass is 10.3. The first-order chi connectivity index (χ1) is 8.54. The molecule has 0 spiro atoms. The molecule has 6 nitrogen and oxygen atoms in total. The number of carbonyl (C=O) groups is 1. The number of aliphatic hydroxyl groups is 1. The molecule has 1 aromatic heterocycles. The molecule has 18 heavy (non-hydrogen) atoms. The van der Waals surface area contributed by atoms with Gasteiger partial charge in [-0.3, -0.25) is 4.68 Å². The van der Waals surface area contributed by atoms with Crippen LogP contribution in [0.4, 0.5) is 5.82 Å². The van der Waals surface area contributed by atoms with E-state index in [9.17, 15) is 9.90 Å². The molecule has 0 unspecified atom stereocenters. The van der Waals surface area contributed by atoms with E-state index in [2.05, 4.69) is 21.0 Å². The van der Waals surface area contributed by atoms with Crippen molar-refractivity contribution in [1.82, 2.24) is 9.78 Å². The van der Waals surface area contributed by atoms with Gasteiger partial charge in [-0.15, -0.1) is 0 Å². The Bertz CT molecular complexity index is 461. The van der Waals surface area contributed by atoms with Gasteiger partial charge in [-0.2, -0.15) is 5.10 Å². The number of halogens is 1. The molecule has 1 fully saturated rings. The van der Waals surface area contributed by atoms with Crippen LogP contribution in [-0.4, -0.2) is 46.7 Å². The van der Waals surface area contributed by atoms with Crippen LogP contribution < -0.4 is 4.90 Å². The number of rotatable bonds is 3. The number of β-amino-alcohol motifs (C(OH)–C–C–N with tert-alkyl or cyclic N) is 1. The fourth-order valence-electron chi connectivity index (χ4n) is 2.16. The molecular formula is C11H16BrN3O3. The second kappa shape index (κ2) is 5.27. The van der Waals surface area contributed by atoms with Crippen LogP contribution in [0.1, 0.15) is 23.7 Å². The summed E-state index contributed by atoms with van der Waals surface area (Å²) in [7, 11) is 1.77. The van der Waals surface area contributed by atoms with E-state index in [0.29, 0.717) is 42.1 Å². The van der Waals surface area contributed by atoms with Gasteiger partial charge in [0.1, 0.15) is 16.0 Å². The fourth-order valence-corrected chi connectivity index (χ4v) is 2.74. The first kappa shape index (κ1) is 13.4. The van der Waals surface area contributed by atoms with Crippen molar-refractivity contribution in [2.75, 3.05) is 24.6 Å². The molecule has 1 atom stereocenters. The third-order valence-corrected chi connectivity index (χ3v) is 3.47. The predicted molar refractivity (Wildman–Crippen MR) is 69.7 cm³/mol. The maximum atomic E-state index is 11.9. The van der Waals surface area contributed by atoms with Crippen LogP contribution in [0.5, 0.6) is 0 Å². The van der Waals surface area contributed by atoms with Gasteiger partial charge in [-0.05, 0) is 29.3 Å². The molecule has 0 bridgehead atoms. The van der Waals surface area contributed by atoms with Crippen molar-refractivity contribution in [1.29, 1.82) is 0 Å². The molecule has 0 aliphatic carbocycles. The van der Waals surface area contributed by atoms with Crippen molar-refractivity contribution in [3.63, 3.8) is 0 Å². The minimum atomic E-state index is -0.395. The molecule has 1 N–H and O–H groups in total. The summed E-state index contributed by atoms with van der Waals surface area (Å²) in [5.41, 5.74) is 0.424. The Labute approximate surface area is 114 Å². The molecule has 1 saturated heterocycles. The lowest BCUT2D eigenvalue weighted by Crippen LogP contribution is -2.25. The van der Waals surface area contributed by atoms with Gasteiger partial charge in [0.15, 0.2) is 0 Å². The van der Waals surface area contributed by atoms with Crippen LogP contribution in [0.3, 0.4) is 0 Å². The van der Waals surface area contributed by atoms with Crippen LogP contribution in [0.15, 0.2) is 4.60 Å². The molecule has 100 valence electrons. The topological polar surface area (TPSA) is 67.6 Å². The first-order valence-corrected chi connectivity index (χ1v) is 6.66. The van der Waals surface area contributed by atoms with Crippen molar-refractivity contribution in [2.45, 2.75) is 19.4 Å². The van der Waals surface area contributed by atoms with E-state index in [4.69, 9.17) is 4.74 Å². The highest BCUT2D eigenvalue weighted by Crippen LogP contribution is 2.30. The van der Waals surface area contributed by atoms with Crippen LogP contribution in [0, 0.1) is 0 Å². The first-order valence-electron chi connectivity index (χ1n) is 5.87. The number of aliphatic hydroxyl groups excluding tert-OH is 1. The van der Waals surface area contributed by atoms with Crippen LogP contribution in [-0.2, 0) is 11.8 Å². The van der Waals surface area contributed by atoms with Gasteiger partial charge >= 0.3 is 5.97 Å². The number of esters is 1. The Hall–Kier alpha value is -1.08. The lowest BCUT2D eigenvalue weighted by Gasteiger charge is -2.19. The van der Waals surface area contributed by atoms with Crippen LogP contribution in [0.2, 0.25) is 0 Å². The number of hydrogen-bond acceptors (Lipinski definition) is 5. The quantitative estimate of drug-likeness (QED) is 0.840. The van der Waals surface area contributed by atoms with Crippen molar-refractivity contribution in [2.24, 2.45) is 7.05 Å². The van der Waals surface area contributed by atoms with Crippen LogP contribution in [0.25, 0.3) is 0 Å². The van der Waals surface area contributed by atoms with Gasteiger partial charge < -0.3 is 14.7 Å². The SMILES string of the molecule is CCOC(=O)c1c(Br)nn(C)c1N1CC[C@H](O)C1. The van der Waals surface area contributed by atoms with Crippen LogP contribution >= 0.6 is 15.9 Å². The average molecular weight is 318 g/mol. The molecule has 2 heterocycles. The largest absolute Gasteiger partial charge is 0.462 e. The number of ether oxygens (including phenoxy) is 1. The van der Waals surface area contributed by atoms with E-state index in [-0.39, 0.29) is 6.10 Å². The molecule has 2 rings (SSSR count). The third kappa shape index (κ3) is 2.37. The molecule has 0 radical (unpaired) electrons. The molecule has 1 aromatic rings. The minimum absolute atomic E-state index is 0.322. The van der Waals surface area contributed by atoms with E-state index in [1.54, 1.807) is 18.7 Å². The Balaban J connectivity index is 2.36. The number of hydrogen-bond donors (Lipinski definition) is 1. The number of anilines is 1. The summed E-state index contributed by atoms with van der Waals surface area (Å²) in [6.45, 7) is 3.31. The van der Waals surface area contributed by atoms with Crippen molar-refractivity contribution < 1.29 is 14.6 Å². The third-order valence-electron chi connectivity index (χ3n) is 2.92.